The molecule has 0 amide bonds. The quantitative estimate of drug-likeness (QED) is 0.266. The Kier molecular flexibility index (Phi) is 8.91. The number of anilines is 1. The van der Waals surface area contributed by atoms with Gasteiger partial charge in [-0.2, -0.15) is 16.8 Å². The number of hydrogen-bond donors (Lipinski definition) is 2. The van der Waals surface area contributed by atoms with Gasteiger partial charge in [0, 0.05) is 36.5 Å². The zero-order chi connectivity index (χ0) is 27.4. The molecule has 2 aromatic rings. The van der Waals surface area contributed by atoms with Gasteiger partial charge in [0.2, 0.25) is 0 Å². The molecule has 1 aliphatic carbocycles. The molecule has 198 valence electrons. The van der Waals surface area contributed by atoms with E-state index in [9.17, 15) is 25.9 Å². The van der Waals surface area contributed by atoms with Gasteiger partial charge in [0.1, 0.15) is 18.0 Å². The van der Waals surface area contributed by atoms with Crippen LogP contribution in [0, 0.1) is 0 Å². The summed E-state index contributed by atoms with van der Waals surface area (Å²) in [5, 5.41) is 0. The highest BCUT2D eigenvalue weighted by molar-refractivity contribution is 7.86. The molecule has 3 rings (SSSR count). The minimum Gasteiger partial charge on any atom is -0.372 e. The van der Waals surface area contributed by atoms with Crippen molar-refractivity contribution in [3.63, 3.8) is 0 Å². The molecule has 37 heavy (non-hydrogen) atoms. The van der Waals surface area contributed by atoms with Crippen LogP contribution in [0.2, 0.25) is 0 Å². The summed E-state index contributed by atoms with van der Waals surface area (Å²) >= 11 is 0. The Labute approximate surface area is 219 Å². The summed E-state index contributed by atoms with van der Waals surface area (Å²) < 4.78 is 69.9. The Hall–Kier alpha value is -3.05. The van der Waals surface area contributed by atoms with Crippen molar-refractivity contribution in [1.82, 2.24) is 0 Å². The van der Waals surface area contributed by atoms with E-state index in [4.69, 9.17) is 0 Å². The van der Waals surface area contributed by atoms with Crippen molar-refractivity contribution in [2.24, 2.45) is 0 Å². The summed E-state index contributed by atoms with van der Waals surface area (Å²) in [5.41, 5.74) is 3.96. The van der Waals surface area contributed by atoms with Crippen molar-refractivity contribution in [2.75, 3.05) is 31.1 Å². The van der Waals surface area contributed by atoms with Gasteiger partial charge >= 0.3 is 0 Å². The van der Waals surface area contributed by atoms with Gasteiger partial charge in [0.25, 0.3) is 20.2 Å². The fourth-order valence-corrected chi connectivity index (χ4v) is 5.72. The minimum absolute atomic E-state index is 0.112. The van der Waals surface area contributed by atoms with E-state index >= 15 is 0 Å². The Morgan fingerprint density at radius 3 is 1.81 bits per heavy atom. The molecule has 2 N–H and O–H groups in total. The first-order valence-electron chi connectivity index (χ1n) is 12.1. The van der Waals surface area contributed by atoms with E-state index in [-0.39, 0.29) is 5.56 Å². The van der Waals surface area contributed by atoms with Gasteiger partial charge in [-0.25, -0.2) is 4.58 Å². The zero-order valence-electron chi connectivity index (χ0n) is 21.4. The van der Waals surface area contributed by atoms with Gasteiger partial charge in [-0.05, 0) is 80.8 Å². The molecule has 0 radical (unpaired) electrons. The van der Waals surface area contributed by atoms with Crippen LogP contribution in [0.15, 0.2) is 82.1 Å². The molecule has 0 saturated heterocycles. The molecular formula is C27H33N2O6S2+. The lowest BCUT2D eigenvalue weighted by atomic mass is 10.1. The maximum Gasteiger partial charge on any atom is 0.295 e. The van der Waals surface area contributed by atoms with Crippen molar-refractivity contribution in [3.05, 3.63) is 83.5 Å². The third-order valence-corrected chi connectivity index (χ3v) is 8.11. The maximum atomic E-state index is 12.4. The predicted octanol–water partition coefficient (Wildman–Crippen LogP) is 4.45. The molecule has 0 fully saturated rings. The number of nitrogens with zero attached hydrogens (tertiary/aromatic N) is 2. The summed E-state index contributed by atoms with van der Waals surface area (Å²) in [7, 11) is -9.54. The van der Waals surface area contributed by atoms with Crippen molar-refractivity contribution in [2.45, 2.75) is 37.5 Å². The highest BCUT2D eigenvalue weighted by Crippen LogP contribution is 2.35. The summed E-state index contributed by atoms with van der Waals surface area (Å²) in [6, 6.07) is 10.8. The first kappa shape index (κ1) is 28.5. The lowest BCUT2D eigenvalue weighted by molar-refractivity contribution is -0.519. The van der Waals surface area contributed by atoms with E-state index in [1.54, 1.807) is 0 Å². The Morgan fingerprint density at radius 2 is 1.35 bits per heavy atom. The maximum absolute atomic E-state index is 12.4. The van der Waals surface area contributed by atoms with E-state index in [0.29, 0.717) is 16.7 Å². The van der Waals surface area contributed by atoms with Gasteiger partial charge < -0.3 is 4.90 Å². The lowest BCUT2D eigenvalue weighted by Crippen LogP contribution is -2.21. The van der Waals surface area contributed by atoms with E-state index in [1.165, 1.54) is 6.07 Å². The van der Waals surface area contributed by atoms with Crippen LogP contribution in [0.4, 0.5) is 5.69 Å². The molecule has 1 aliphatic rings. The fraction of sp³-hybridized carbons (Fsp3) is 0.296. The SMILES string of the molecule is CCN(CC)[13c]1[13cH][13cH][13c](C(c2ccc(S(=O)(=O)O)cc2S(=O)(=O)O)=[13C]2[13CH]=[13CH][13C](=[N+](CC)CC)[13CH]=[13CH]2)[13cH][13cH]1. The smallest absolute Gasteiger partial charge is 0.295 e. The summed E-state index contributed by atoms with van der Waals surface area (Å²) in [6.45, 7) is 11.5. The van der Waals surface area contributed by atoms with Crippen LogP contribution in [0.5, 0.6) is 0 Å². The third kappa shape index (κ3) is 6.45. The highest BCUT2D eigenvalue weighted by Gasteiger charge is 2.25. The molecule has 0 aliphatic heterocycles. The van der Waals surface area contributed by atoms with Gasteiger partial charge in [-0.15, -0.1) is 0 Å². The van der Waals surface area contributed by atoms with Crippen LogP contribution in [-0.2, 0) is 20.2 Å². The highest BCUT2D eigenvalue weighted by atomic mass is 32.2. The van der Waals surface area contributed by atoms with Gasteiger partial charge in [-0.3, -0.25) is 9.11 Å². The molecule has 0 bridgehead atoms. The van der Waals surface area contributed by atoms with Gasteiger partial charge in [-0.1, -0.05) is 18.2 Å². The summed E-state index contributed by atoms with van der Waals surface area (Å²) in [5.74, 6) is 0. The molecule has 10 heteroatoms. The molecule has 0 saturated carbocycles. The van der Waals surface area contributed by atoms with Crippen molar-refractivity contribution >= 4 is 37.2 Å². The average molecular weight is 558 g/mol. The molecule has 0 unspecified atom stereocenters. The molecule has 0 atom stereocenters. The average Bonchev–Trinajstić information content (AvgIpc) is 2.86. The zero-order valence-corrected chi connectivity index (χ0v) is 23.1. The van der Waals surface area contributed by atoms with Crippen LogP contribution >= 0.6 is 0 Å². The lowest BCUT2D eigenvalue weighted by Gasteiger charge is -2.22. The van der Waals surface area contributed by atoms with E-state index in [2.05, 4.69) is 37.2 Å². The number of rotatable bonds is 9. The van der Waals surface area contributed by atoms with E-state index in [0.717, 1.165) is 49.7 Å². The van der Waals surface area contributed by atoms with Gasteiger partial charge in [0.05, 0.1) is 4.90 Å². The van der Waals surface area contributed by atoms with Crippen LogP contribution in [0.3, 0.4) is 0 Å². The predicted molar refractivity (Wildman–Crippen MR) is 147 cm³/mol. The Bertz CT molecular complexity index is 1470. The first-order chi connectivity index (χ1) is 17.4. The van der Waals surface area contributed by atoms with Crippen molar-refractivity contribution in [1.29, 1.82) is 0 Å². The van der Waals surface area contributed by atoms with E-state index < -0.39 is 30.0 Å². The van der Waals surface area contributed by atoms with Crippen LogP contribution in [0.25, 0.3) is 5.57 Å². The standard InChI is InChI=1S/C27H32N2O6S2/c1-5-28(6-2)22-13-9-20(10-14-22)27(21-11-15-23(16-12-21)29(7-3)8-4)25-18-17-24(36(30,31)32)19-26(25)37(33,34)35/h9-19H,5-8H2,1-4H3,(H-,30,31,32,33,34,35)/p+1/i9+1,10+1,11+1,12+1,13+1,14+1,15+1,16+1,20+1,21+1,22+1,23+1. The molecule has 8 nitrogen and oxygen atoms in total. The van der Waals surface area contributed by atoms with Crippen molar-refractivity contribution in [3.8, 4) is 0 Å². The summed E-state index contributed by atoms with van der Waals surface area (Å²) in [6.07, 6.45) is 7.61. The van der Waals surface area contributed by atoms with Crippen LogP contribution in [-0.4, -0.2) is 62.4 Å². The molecule has 0 spiro atoms. The largest absolute Gasteiger partial charge is 0.372 e. The molecule has 2 aromatic carbocycles. The number of benzene rings is 2. The Morgan fingerprint density at radius 1 is 0.784 bits per heavy atom. The van der Waals surface area contributed by atoms with Crippen LogP contribution in [0.1, 0.15) is 38.8 Å². The second-order valence-electron chi connectivity index (χ2n) is 8.42. The first-order valence-corrected chi connectivity index (χ1v) is 15.0. The second-order valence-corrected chi connectivity index (χ2v) is 11.2. The fourth-order valence-electron chi connectivity index (χ4n) is 4.42. The normalized spacial score (nSPS) is 13.7. The molecular weight excluding hydrogens is 524 g/mol. The second kappa shape index (κ2) is 11.6. The summed E-state index contributed by atoms with van der Waals surface area (Å²) in [4.78, 5) is 0.933. The van der Waals surface area contributed by atoms with Crippen LogP contribution < -0.4 is 4.90 Å². The minimum atomic E-state index is -4.85. The topological polar surface area (TPSA) is 115 Å². The molecule has 0 aromatic heterocycles. The number of allylic oxidation sites excluding steroid dienone is 5. The molecule has 0 heterocycles. The Balaban J connectivity index is 2.33. The van der Waals surface area contributed by atoms with Crippen molar-refractivity contribution < 1.29 is 30.5 Å². The number of hydrogen-bond acceptors (Lipinski definition) is 5. The van der Waals surface area contributed by atoms with Gasteiger partial charge in [0.15, 0.2) is 5.71 Å². The monoisotopic (exact) mass is 557 g/mol. The van der Waals surface area contributed by atoms with E-state index in [1.807, 2.05) is 48.6 Å². The third-order valence-electron chi connectivity index (χ3n) is 6.37.